The highest BCUT2D eigenvalue weighted by Gasteiger charge is 2.26. The molecule has 0 N–H and O–H groups in total. The lowest BCUT2D eigenvalue weighted by molar-refractivity contribution is 0.0515. The Labute approximate surface area is 148 Å². The first-order valence-corrected chi connectivity index (χ1v) is 8.52. The van der Waals surface area contributed by atoms with E-state index in [1.54, 1.807) is 31.6 Å². The molecule has 7 heteroatoms. The van der Waals surface area contributed by atoms with Crippen molar-refractivity contribution >= 4 is 21.8 Å². The van der Waals surface area contributed by atoms with Crippen LogP contribution in [0.1, 0.15) is 23.2 Å². The van der Waals surface area contributed by atoms with Crippen molar-refractivity contribution in [2.75, 3.05) is 20.2 Å². The lowest BCUT2D eigenvalue weighted by atomic mass is 10.1. The van der Waals surface area contributed by atoms with Crippen LogP contribution < -0.4 is 9.47 Å². The molecule has 24 heavy (non-hydrogen) atoms. The first kappa shape index (κ1) is 16.7. The number of ether oxygens (including phenoxy) is 2. The maximum absolute atomic E-state index is 12.7. The van der Waals surface area contributed by atoms with E-state index in [2.05, 4.69) is 25.9 Å². The molecule has 1 aromatic carbocycles. The van der Waals surface area contributed by atoms with Crippen LogP contribution in [0.2, 0.25) is 0 Å². The molecule has 0 radical (unpaired) electrons. The van der Waals surface area contributed by atoms with E-state index in [1.165, 1.54) is 0 Å². The van der Waals surface area contributed by atoms with Crippen LogP contribution in [0.4, 0.5) is 0 Å². The van der Waals surface area contributed by atoms with E-state index in [-0.39, 0.29) is 12.0 Å². The molecular formula is C17H18BrN3O3. The number of benzene rings is 1. The zero-order chi connectivity index (χ0) is 16.9. The van der Waals surface area contributed by atoms with E-state index < -0.39 is 0 Å². The van der Waals surface area contributed by atoms with Crippen LogP contribution >= 0.6 is 15.9 Å². The third-order valence-electron chi connectivity index (χ3n) is 3.85. The molecule has 1 aromatic heterocycles. The van der Waals surface area contributed by atoms with Crippen LogP contribution in [0.3, 0.4) is 0 Å². The van der Waals surface area contributed by atoms with Gasteiger partial charge in [0.25, 0.3) is 5.91 Å². The molecule has 0 aliphatic carbocycles. The number of nitrogens with zero attached hydrogens (tertiary/aromatic N) is 3. The molecule has 1 saturated heterocycles. The summed E-state index contributed by atoms with van der Waals surface area (Å²) in [7, 11) is 1.59. The topological polar surface area (TPSA) is 64.5 Å². The number of amides is 1. The Hall–Kier alpha value is -2.15. The number of halogens is 1. The number of aromatic nitrogens is 2. The van der Waals surface area contributed by atoms with Crippen LogP contribution in [0.25, 0.3) is 0 Å². The van der Waals surface area contributed by atoms with Gasteiger partial charge in [0.2, 0.25) is 0 Å². The van der Waals surface area contributed by atoms with Gasteiger partial charge in [-0.25, -0.2) is 9.97 Å². The Bertz CT molecular complexity index is 708. The van der Waals surface area contributed by atoms with Gasteiger partial charge in [0, 0.05) is 24.5 Å². The molecule has 6 nitrogen and oxygen atoms in total. The first-order valence-electron chi connectivity index (χ1n) is 7.73. The van der Waals surface area contributed by atoms with Gasteiger partial charge in [-0.2, -0.15) is 0 Å². The summed E-state index contributed by atoms with van der Waals surface area (Å²) in [6.07, 6.45) is 4.95. The van der Waals surface area contributed by atoms with Crippen molar-refractivity contribution in [3.05, 3.63) is 46.7 Å². The Balaban J connectivity index is 1.66. The van der Waals surface area contributed by atoms with Crippen molar-refractivity contribution in [1.82, 2.24) is 14.9 Å². The van der Waals surface area contributed by atoms with Gasteiger partial charge in [0.1, 0.15) is 11.9 Å². The second-order valence-electron chi connectivity index (χ2n) is 5.55. The molecular weight excluding hydrogens is 374 g/mol. The molecule has 1 unspecified atom stereocenters. The number of hydrogen-bond acceptors (Lipinski definition) is 5. The van der Waals surface area contributed by atoms with Gasteiger partial charge in [0.15, 0.2) is 0 Å². The summed E-state index contributed by atoms with van der Waals surface area (Å²) < 4.78 is 11.8. The van der Waals surface area contributed by atoms with Gasteiger partial charge in [-0.3, -0.25) is 4.79 Å². The van der Waals surface area contributed by atoms with E-state index in [4.69, 9.17) is 9.47 Å². The SMILES string of the molecule is COc1cccc(C(=O)N2CCCC(Oc3ncc(Br)cn3)C2)c1. The molecule has 126 valence electrons. The second-order valence-corrected chi connectivity index (χ2v) is 6.46. The van der Waals surface area contributed by atoms with Crippen LogP contribution in [0, 0.1) is 0 Å². The van der Waals surface area contributed by atoms with Crippen LogP contribution in [-0.4, -0.2) is 47.1 Å². The van der Waals surface area contributed by atoms with Gasteiger partial charge in [-0.05, 0) is 47.0 Å². The fraction of sp³-hybridized carbons (Fsp3) is 0.353. The number of carbonyl (C=O) groups is 1. The third kappa shape index (κ3) is 4.03. The summed E-state index contributed by atoms with van der Waals surface area (Å²) in [4.78, 5) is 22.7. The van der Waals surface area contributed by atoms with Crippen molar-refractivity contribution in [1.29, 1.82) is 0 Å². The molecule has 0 bridgehead atoms. The predicted molar refractivity (Wildman–Crippen MR) is 92.3 cm³/mol. The number of methoxy groups -OCH3 is 1. The van der Waals surface area contributed by atoms with Crippen LogP contribution in [0.5, 0.6) is 11.8 Å². The predicted octanol–water partition coefficient (Wildman–Crippen LogP) is 2.93. The number of likely N-dealkylation sites (tertiary alicyclic amines) is 1. The zero-order valence-electron chi connectivity index (χ0n) is 13.3. The van der Waals surface area contributed by atoms with Crippen molar-refractivity contribution < 1.29 is 14.3 Å². The minimum atomic E-state index is -0.102. The van der Waals surface area contributed by atoms with Gasteiger partial charge in [0.05, 0.1) is 18.1 Å². The maximum atomic E-state index is 12.7. The largest absolute Gasteiger partial charge is 0.497 e. The maximum Gasteiger partial charge on any atom is 0.316 e. The summed E-state index contributed by atoms with van der Waals surface area (Å²) in [5, 5.41) is 0. The fourth-order valence-electron chi connectivity index (χ4n) is 2.67. The van der Waals surface area contributed by atoms with Crippen molar-refractivity contribution in [2.45, 2.75) is 18.9 Å². The molecule has 1 fully saturated rings. The number of hydrogen-bond donors (Lipinski definition) is 0. The van der Waals surface area contributed by atoms with Gasteiger partial charge < -0.3 is 14.4 Å². The summed E-state index contributed by atoms with van der Waals surface area (Å²) in [5.41, 5.74) is 0.620. The van der Waals surface area contributed by atoms with E-state index in [1.807, 2.05) is 17.0 Å². The minimum absolute atomic E-state index is 0.0149. The molecule has 3 rings (SSSR count). The highest BCUT2D eigenvalue weighted by molar-refractivity contribution is 9.10. The van der Waals surface area contributed by atoms with Gasteiger partial charge in [-0.15, -0.1) is 0 Å². The summed E-state index contributed by atoms with van der Waals surface area (Å²) >= 11 is 3.29. The number of rotatable bonds is 4. The Morgan fingerprint density at radius 2 is 2.12 bits per heavy atom. The average Bonchev–Trinajstić information content (AvgIpc) is 2.63. The third-order valence-corrected chi connectivity index (χ3v) is 4.26. The average molecular weight is 392 g/mol. The fourth-order valence-corrected chi connectivity index (χ4v) is 2.87. The summed E-state index contributed by atoms with van der Waals surface area (Å²) in [6, 6.07) is 7.53. The van der Waals surface area contributed by atoms with Crippen molar-refractivity contribution in [2.24, 2.45) is 0 Å². The lowest BCUT2D eigenvalue weighted by Crippen LogP contribution is -2.44. The quantitative estimate of drug-likeness (QED) is 0.801. The molecule has 1 amide bonds. The van der Waals surface area contributed by atoms with E-state index >= 15 is 0 Å². The first-order chi connectivity index (χ1) is 11.7. The highest BCUT2D eigenvalue weighted by Crippen LogP contribution is 2.20. The lowest BCUT2D eigenvalue weighted by Gasteiger charge is -2.32. The number of piperidine rings is 1. The monoisotopic (exact) mass is 391 g/mol. The smallest absolute Gasteiger partial charge is 0.316 e. The van der Waals surface area contributed by atoms with Crippen LogP contribution in [-0.2, 0) is 0 Å². The zero-order valence-corrected chi connectivity index (χ0v) is 14.9. The number of carbonyl (C=O) groups excluding carboxylic acids is 1. The Kier molecular flexibility index (Phi) is 5.30. The van der Waals surface area contributed by atoms with E-state index in [9.17, 15) is 4.79 Å². The summed E-state index contributed by atoms with van der Waals surface area (Å²) in [5.74, 6) is 0.660. The normalized spacial score (nSPS) is 17.4. The van der Waals surface area contributed by atoms with Gasteiger partial charge in [-0.1, -0.05) is 6.07 Å². The van der Waals surface area contributed by atoms with Crippen molar-refractivity contribution in [3.63, 3.8) is 0 Å². The standard InChI is InChI=1S/C17H18BrN3O3/c1-23-14-5-2-4-12(8-14)16(22)21-7-3-6-15(11-21)24-17-19-9-13(18)10-20-17/h2,4-5,8-10,15H,3,6-7,11H2,1H3. The van der Waals surface area contributed by atoms with Crippen molar-refractivity contribution in [3.8, 4) is 11.8 Å². The second kappa shape index (κ2) is 7.61. The van der Waals surface area contributed by atoms with Gasteiger partial charge >= 0.3 is 6.01 Å². The Morgan fingerprint density at radius 1 is 1.33 bits per heavy atom. The molecule has 0 saturated carbocycles. The molecule has 1 aliphatic heterocycles. The van der Waals surface area contributed by atoms with E-state index in [0.29, 0.717) is 23.9 Å². The molecule has 2 heterocycles. The molecule has 1 atom stereocenters. The minimum Gasteiger partial charge on any atom is -0.497 e. The summed E-state index contributed by atoms with van der Waals surface area (Å²) in [6.45, 7) is 1.24. The molecule has 2 aromatic rings. The molecule has 0 spiro atoms. The Morgan fingerprint density at radius 3 is 2.88 bits per heavy atom. The molecule has 1 aliphatic rings. The van der Waals surface area contributed by atoms with Crippen LogP contribution in [0.15, 0.2) is 41.1 Å². The highest BCUT2D eigenvalue weighted by atomic mass is 79.9. The van der Waals surface area contributed by atoms with E-state index in [0.717, 1.165) is 23.9 Å².